The van der Waals surface area contributed by atoms with Gasteiger partial charge in [0, 0.05) is 23.4 Å². The van der Waals surface area contributed by atoms with Gasteiger partial charge in [-0.3, -0.25) is 4.79 Å². The fourth-order valence-electron chi connectivity index (χ4n) is 2.92. The predicted molar refractivity (Wildman–Crippen MR) is 114 cm³/mol. The number of benzene rings is 3. The molecule has 0 saturated carbocycles. The molecule has 3 aromatic carbocycles. The number of hydrogen-bond acceptors (Lipinski definition) is 3. The second-order valence-electron chi connectivity index (χ2n) is 6.57. The molecule has 1 atom stereocenters. The zero-order chi connectivity index (χ0) is 19.1. The highest BCUT2D eigenvalue weighted by Gasteiger charge is 2.15. The predicted octanol–water partition coefficient (Wildman–Crippen LogP) is 4.97. The fraction of sp³-hybridized carbons (Fsp3) is 0.261. The summed E-state index contributed by atoms with van der Waals surface area (Å²) in [5.74, 6) is 2.49. The number of thioether (sulfide) groups is 1. The van der Waals surface area contributed by atoms with Gasteiger partial charge in [-0.05, 0) is 30.9 Å². The molecule has 0 aliphatic rings. The average Bonchev–Trinajstić information content (AvgIpc) is 2.68. The van der Waals surface area contributed by atoms with Crippen molar-refractivity contribution in [2.24, 2.45) is 0 Å². The van der Waals surface area contributed by atoms with Crippen LogP contribution in [0.5, 0.6) is 5.75 Å². The molecule has 0 aliphatic carbocycles. The summed E-state index contributed by atoms with van der Waals surface area (Å²) in [5.41, 5.74) is 2.60. The van der Waals surface area contributed by atoms with Gasteiger partial charge in [-0.2, -0.15) is 11.8 Å². The van der Waals surface area contributed by atoms with E-state index in [4.69, 9.17) is 4.74 Å². The first-order valence-electron chi connectivity index (χ1n) is 9.19. The van der Waals surface area contributed by atoms with Crippen LogP contribution in [0.3, 0.4) is 0 Å². The summed E-state index contributed by atoms with van der Waals surface area (Å²) in [5, 5.41) is 5.09. The molecular formula is C23H25NO2S. The highest BCUT2D eigenvalue weighted by molar-refractivity contribution is 7.98. The standard InChI is InChI=1S/C23H25NO2S/c1-17-7-5-8-19(15-17)16-27-14-13-24-23(25)18(2)26-22-12-6-10-20-9-3-4-11-21(20)22/h3-12,15,18H,13-14,16H2,1-2H3,(H,24,25). The van der Waals surface area contributed by atoms with E-state index < -0.39 is 6.10 Å². The van der Waals surface area contributed by atoms with Crippen molar-refractivity contribution in [3.8, 4) is 5.75 Å². The Morgan fingerprint density at radius 1 is 1.07 bits per heavy atom. The molecule has 0 heterocycles. The van der Waals surface area contributed by atoms with Crippen LogP contribution in [0.15, 0.2) is 66.7 Å². The molecule has 0 radical (unpaired) electrons. The van der Waals surface area contributed by atoms with Crippen LogP contribution in [-0.2, 0) is 10.5 Å². The van der Waals surface area contributed by atoms with Gasteiger partial charge in [0.25, 0.3) is 5.91 Å². The lowest BCUT2D eigenvalue weighted by Crippen LogP contribution is -2.37. The van der Waals surface area contributed by atoms with Gasteiger partial charge in [0.1, 0.15) is 5.75 Å². The van der Waals surface area contributed by atoms with Gasteiger partial charge in [0.2, 0.25) is 0 Å². The first kappa shape index (κ1) is 19.3. The van der Waals surface area contributed by atoms with E-state index >= 15 is 0 Å². The molecular weight excluding hydrogens is 354 g/mol. The number of fused-ring (bicyclic) bond motifs is 1. The SMILES string of the molecule is Cc1cccc(CSCCNC(=O)C(C)Oc2cccc3ccccc23)c1. The monoisotopic (exact) mass is 379 g/mol. The lowest BCUT2D eigenvalue weighted by Gasteiger charge is -2.16. The minimum Gasteiger partial charge on any atom is -0.480 e. The third-order valence-electron chi connectivity index (χ3n) is 4.32. The van der Waals surface area contributed by atoms with Gasteiger partial charge in [-0.25, -0.2) is 0 Å². The topological polar surface area (TPSA) is 38.3 Å². The molecule has 3 nitrogen and oxygen atoms in total. The molecule has 0 bridgehead atoms. The first-order chi connectivity index (χ1) is 13.1. The molecule has 4 heteroatoms. The van der Waals surface area contributed by atoms with Crippen LogP contribution >= 0.6 is 11.8 Å². The lowest BCUT2D eigenvalue weighted by molar-refractivity contribution is -0.127. The van der Waals surface area contributed by atoms with E-state index in [1.807, 2.05) is 54.2 Å². The number of aryl methyl sites for hydroxylation is 1. The van der Waals surface area contributed by atoms with Crippen molar-refractivity contribution in [3.05, 3.63) is 77.9 Å². The summed E-state index contributed by atoms with van der Waals surface area (Å²) < 4.78 is 5.91. The Balaban J connectivity index is 1.44. The highest BCUT2D eigenvalue weighted by Crippen LogP contribution is 2.26. The van der Waals surface area contributed by atoms with Gasteiger partial charge in [-0.1, -0.05) is 66.2 Å². The van der Waals surface area contributed by atoms with E-state index in [0.717, 1.165) is 28.0 Å². The van der Waals surface area contributed by atoms with Crippen LogP contribution in [0.4, 0.5) is 0 Å². The van der Waals surface area contributed by atoms with Gasteiger partial charge in [0.05, 0.1) is 0 Å². The van der Waals surface area contributed by atoms with Crippen molar-refractivity contribution in [2.45, 2.75) is 25.7 Å². The van der Waals surface area contributed by atoms with Gasteiger partial charge < -0.3 is 10.1 Å². The maximum atomic E-state index is 12.3. The number of amides is 1. The Bertz CT molecular complexity index is 904. The maximum Gasteiger partial charge on any atom is 0.260 e. The number of carbonyl (C=O) groups excluding carboxylic acids is 1. The van der Waals surface area contributed by atoms with Gasteiger partial charge >= 0.3 is 0 Å². The molecule has 0 aliphatic heterocycles. The molecule has 1 amide bonds. The van der Waals surface area contributed by atoms with Crippen molar-refractivity contribution < 1.29 is 9.53 Å². The molecule has 1 N–H and O–H groups in total. The third-order valence-corrected chi connectivity index (χ3v) is 5.35. The number of nitrogens with one attached hydrogen (secondary N) is 1. The molecule has 3 aromatic rings. The van der Waals surface area contributed by atoms with Crippen molar-refractivity contribution in [2.75, 3.05) is 12.3 Å². The van der Waals surface area contributed by atoms with Crippen LogP contribution in [0.1, 0.15) is 18.1 Å². The lowest BCUT2D eigenvalue weighted by atomic mass is 10.1. The summed E-state index contributed by atoms with van der Waals surface area (Å²) in [7, 11) is 0. The second kappa shape index (κ2) is 9.47. The van der Waals surface area contributed by atoms with Crippen molar-refractivity contribution >= 4 is 28.4 Å². The Labute approximate surface area is 165 Å². The van der Waals surface area contributed by atoms with Crippen LogP contribution in [0.25, 0.3) is 10.8 Å². The molecule has 140 valence electrons. The van der Waals surface area contributed by atoms with Crippen LogP contribution in [0, 0.1) is 6.92 Å². The molecule has 27 heavy (non-hydrogen) atoms. The largest absolute Gasteiger partial charge is 0.480 e. The Morgan fingerprint density at radius 3 is 2.70 bits per heavy atom. The maximum absolute atomic E-state index is 12.3. The summed E-state index contributed by atoms with van der Waals surface area (Å²) in [6, 6.07) is 22.4. The van der Waals surface area contributed by atoms with E-state index in [-0.39, 0.29) is 5.91 Å². The molecule has 1 unspecified atom stereocenters. The highest BCUT2D eigenvalue weighted by atomic mass is 32.2. The Morgan fingerprint density at radius 2 is 1.85 bits per heavy atom. The quantitative estimate of drug-likeness (QED) is 0.562. The zero-order valence-corrected chi connectivity index (χ0v) is 16.6. The van der Waals surface area contributed by atoms with Gasteiger partial charge in [0.15, 0.2) is 6.10 Å². The summed E-state index contributed by atoms with van der Waals surface area (Å²) in [4.78, 5) is 12.3. The normalized spacial score (nSPS) is 11.9. The van der Waals surface area contributed by atoms with E-state index in [9.17, 15) is 4.79 Å². The minimum absolute atomic E-state index is 0.0842. The fourth-order valence-corrected chi connectivity index (χ4v) is 3.73. The second-order valence-corrected chi connectivity index (χ2v) is 7.68. The summed E-state index contributed by atoms with van der Waals surface area (Å²) in [6.45, 7) is 4.53. The molecule has 3 rings (SSSR count). The van der Waals surface area contributed by atoms with E-state index in [2.05, 4.69) is 36.5 Å². The minimum atomic E-state index is -0.530. The molecule has 0 fully saturated rings. The third kappa shape index (κ3) is 5.51. The van der Waals surface area contributed by atoms with Crippen molar-refractivity contribution in [1.29, 1.82) is 0 Å². The average molecular weight is 380 g/mol. The summed E-state index contributed by atoms with van der Waals surface area (Å²) >= 11 is 1.82. The number of rotatable bonds is 8. The number of carbonyl (C=O) groups is 1. The van der Waals surface area contributed by atoms with Crippen molar-refractivity contribution in [3.63, 3.8) is 0 Å². The molecule has 0 aromatic heterocycles. The van der Waals surface area contributed by atoms with E-state index in [0.29, 0.717) is 6.54 Å². The Hall–Kier alpha value is -2.46. The van der Waals surface area contributed by atoms with Crippen LogP contribution < -0.4 is 10.1 Å². The first-order valence-corrected chi connectivity index (χ1v) is 10.3. The smallest absolute Gasteiger partial charge is 0.260 e. The Kier molecular flexibility index (Phi) is 6.77. The van der Waals surface area contributed by atoms with E-state index in [1.54, 1.807) is 6.92 Å². The van der Waals surface area contributed by atoms with Gasteiger partial charge in [-0.15, -0.1) is 0 Å². The zero-order valence-electron chi connectivity index (χ0n) is 15.8. The van der Waals surface area contributed by atoms with Crippen molar-refractivity contribution in [1.82, 2.24) is 5.32 Å². The number of hydrogen-bond donors (Lipinski definition) is 1. The molecule has 0 spiro atoms. The van der Waals surface area contributed by atoms with Crippen LogP contribution in [-0.4, -0.2) is 24.3 Å². The summed E-state index contributed by atoms with van der Waals surface area (Å²) in [6.07, 6.45) is -0.530. The van der Waals surface area contributed by atoms with E-state index in [1.165, 1.54) is 11.1 Å². The molecule has 0 saturated heterocycles. The number of ether oxygens (including phenoxy) is 1. The van der Waals surface area contributed by atoms with Crippen LogP contribution in [0.2, 0.25) is 0 Å².